The second-order valence-corrected chi connectivity index (χ2v) is 10.4. The van der Waals surface area contributed by atoms with E-state index in [1.165, 1.54) is 5.57 Å². The Balaban J connectivity index is 1.75. The van der Waals surface area contributed by atoms with Gasteiger partial charge in [-0.15, -0.1) is 0 Å². The molecule has 5 heteroatoms. The van der Waals surface area contributed by atoms with Crippen LogP contribution in [0.5, 0.6) is 0 Å². The van der Waals surface area contributed by atoms with Gasteiger partial charge in [-0.2, -0.15) is 0 Å². The summed E-state index contributed by atoms with van der Waals surface area (Å²) in [5.74, 6) is 0.239. The summed E-state index contributed by atoms with van der Waals surface area (Å²) in [6, 6.07) is 14.5. The largest absolute Gasteiger partial charge is 0.377 e. The number of rotatable bonds is 2. The number of nitrogens with zero attached hydrogens (tertiary/aromatic N) is 2. The van der Waals surface area contributed by atoms with Gasteiger partial charge in [0, 0.05) is 53.4 Å². The average Bonchev–Trinajstić information content (AvgIpc) is 2.71. The number of nitrogens with one attached hydrogen (secondary N) is 1. The lowest BCUT2D eigenvalue weighted by molar-refractivity contribution is -0.118. The molecular weight excluding hydrogens is 450 g/mol. The van der Waals surface area contributed by atoms with Crippen molar-refractivity contribution in [3.63, 3.8) is 0 Å². The second kappa shape index (κ2) is 7.20. The van der Waals surface area contributed by atoms with Gasteiger partial charge in [0.15, 0.2) is 5.78 Å². The van der Waals surface area contributed by atoms with Crippen molar-refractivity contribution < 1.29 is 4.79 Å². The maximum atomic E-state index is 13.5. The molecule has 0 saturated heterocycles. The fraction of sp³-hybridized carbons (Fsp3) is 0.308. The number of carbonyl (C=O) groups excluding carboxylic acids is 1. The van der Waals surface area contributed by atoms with Crippen LogP contribution in [0.25, 0.3) is 16.5 Å². The Morgan fingerprint density at radius 1 is 1.13 bits per heavy atom. The number of hydrogen-bond donors (Lipinski definition) is 1. The zero-order chi connectivity index (χ0) is 21.9. The summed E-state index contributed by atoms with van der Waals surface area (Å²) in [6.45, 7) is 4.38. The maximum Gasteiger partial charge on any atom is 0.162 e. The topological polar surface area (TPSA) is 45.2 Å². The fourth-order valence-corrected chi connectivity index (χ4v) is 5.78. The normalized spacial score (nSPS) is 19.6. The highest BCUT2D eigenvalue weighted by Crippen LogP contribution is 2.52. The lowest BCUT2D eigenvalue weighted by Crippen LogP contribution is -2.33. The van der Waals surface area contributed by atoms with Crippen LogP contribution < -0.4 is 10.2 Å². The van der Waals surface area contributed by atoms with Crippen LogP contribution in [0, 0.1) is 5.41 Å². The summed E-state index contributed by atoms with van der Waals surface area (Å²) >= 11 is 3.72. The van der Waals surface area contributed by atoms with Crippen LogP contribution in [0.1, 0.15) is 43.9 Å². The highest BCUT2D eigenvalue weighted by Gasteiger charge is 2.40. The van der Waals surface area contributed by atoms with Gasteiger partial charge in [0.1, 0.15) is 0 Å². The Kier molecular flexibility index (Phi) is 4.70. The fourth-order valence-electron chi connectivity index (χ4n) is 5.03. The molecule has 3 aromatic rings. The van der Waals surface area contributed by atoms with Gasteiger partial charge in [-0.25, -0.2) is 0 Å². The molecule has 31 heavy (non-hydrogen) atoms. The number of aromatic nitrogens is 1. The van der Waals surface area contributed by atoms with Gasteiger partial charge in [-0.3, -0.25) is 9.78 Å². The summed E-state index contributed by atoms with van der Waals surface area (Å²) in [6.07, 6.45) is 3.27. The number of fused-ring (bicyclic) bond motifs is 4. The first-order valence-corrected chi connectivity index (χ1v) is 11.4. The average molecular weight is 476 g/mol. The molecular formula is C26H26BrN3O. The van der Waals surface area contributed by atoms with Gasteiger partial charge in [-0.1, -0.05) is 26.0 Å². The molecule has 0 amide bonds. The number of ketones is 1. The molecule has 1 atom stereocenters. The minimum atomic E-state index is -0.160. The van der Waals surface area contributed by atoms with Crippen molar-refractivity contribution in [1.82, 2.24) is 4.98 Å². The van der Waals surface area contributed by atoms with E-state index in [9.17, 15) is 4.79 Å². The molecule has 2 aliphatic rings. The number of carbonyl (C=O) groups is 1. The number of hydrogen-bond acceptors (Lipinski definition) is 4. The SMILES string of the molecule is CN(C)c1ccc(C2Nc3ccc4ncccc4c3C3=C2C(=O)CC(C)(C)C3)cc1Br. The molecule has 2 heterocycles. The van der Waals surface area contributed by atoms with E-state index < -0.39 is 0 Å². The van der Waals surface area contributed by atoms with Gasteiger partial charge in [0.2, 0.25) is 0 Å². The van der Waals surface area contributed by atoms with Gasteiger partial charge in [-0.05, 0) is 69.2 Å². The highest BCUT2D eigenvalue weighted by atomic mass is 79.9. The van der Waals surface area contributed by atoms with Crippen LogP contribution in [0.15, 0.2) is 58.7 Å². The summed E-state index contributed by atoms with van der Waals surface area (Å²) < 4.78 is 1.02. The molecule has 1 aromatic heterocycles. The van der Waals surface area contributed by atoms with Gasteiger partial charge in [0.25, 0.3) is 0 Å². The molecule has 1 aliphatic heterocycles. The van der Waals surface area contributed by atoms with E-state index >= 15 is 0 Å². The standard InChI is InChI=1S/C26H26BrN3O/c1-26(2)13-17-23-16-6-5-11-28-19(16)8-9-20(23)29-25(24(17)22(31)14-26)15-7-10-21(30(3)4)18(27)12-15/h5-12,25,29H,13-14H2,1-4H3. The van der Waals surface area contributed by atoms with Gasteiger partial charge >= 0.3 is 0 Å². The van der Waals surface area contributed by atoms with Crippen molar-refractivity contribution in [3.8, 4) is 0 Å². The van der Waals surface area contributed by atoms with Crippen molar-refractivity contribution in [2.45, 2.75) is 32.7 Å². The Hall–Kier alpha value is -2.66. The number of allylic oxidation sites excluding steroid dienone is 1. The molecule has 5 rings (SSSR count). The lowest BCUT2D eigenvalue weighted by atomic mass is 9.68. The highest BCUT2D eigenvalue weighted by molar-refractivity contribution is 9.10. The monoisotopic (exact) mass is 475 g/mol. The molecule has 0 saturated carbocycles. The summed E-state index contributed by atoms with van der Waals surface area (Å²) in [5.41, 5.74) is 7.40. The number of benzene rings is 2. The minimum Gasteiger partial charge on any atom is -0.377 e. The predicted molar refractivity (Wildman–Crippen MR) is 132 cm³/mol. The van der Waals surface area contributed by atoms with E-state index in [0.29, 0.717) is 6.42 Å². The van der Waals surface area contributed by atoms with Crippen molar-refractivity contribution in [2.75, 3.05) is 24.3 Å². The molecule has 1 unspecified atom stereocenters. The van der Waals surface area contributed by atoms with E-state index in [1.807, 2.05) is 26.4 Å². The number of anilines is 2. The van der Waals surface area contributed by atoms with Crippen molar-refractivity contribution in [1.29, 1.82) is 0 Å². The van der Waals surface area contributed by atoms with Crippen LogP contribution in [0.2, 0.25) is 0 Å². The summed E-state index contributed by atoms with van der Waals surface area (Å²) in [7, 11) is 4.06. The molecule has 2 aromatic carbocycles. The first kappa shape index (κ1) is 20.3. The third-order valence-electron chi connectivity index (χ3n) is 6.38. The van der Waals surface area contributed by atoms with Crippen LogP contribution in [0.4, 0.5) is 11.4 Å². The molecule has 0 radical (unpaired) electrons. The van der Waals surface area contributed by atoms with E-state index in [0.717, 1.165) is 49.9 Å². The third kappa shape index (κ3) is 3.35. The van der Waals surface area contributed by atoms with E-state index in [4.69, 9.17) is 0 Å². The Bertz CT molecular complexity index is 1260. The van der Waals surface area contributed by atoms with Crippen LogP contribution >= 0.6 is 15.9 Å². The molecule has 0 bridgehead atoms. The molecule has 0 fully saturated rings. The van der Waals surface area contributed by atoms with Crippen molar-refractivity contribution in [2.24, 2.45) is 5.41 Å². The molecule has 1 aliphatic carbocycles. The first-order valence-electron chi connectivity index (χ1n) is 10.6. The minimum absolute atomic E-state index is 0.0607. The summed E-state index contributed by atoms with van der Waals surface area (Å²) in [5, 5.41) is 4.80. The van der Waals surface area contributed by atoms with E-state index in [1.54, 1.807) is 0 Å². The zero-order valence-corrected chi connectivity index (χ0v) is 19.9. The second-order valence-electron chi connectivity index (χ2n) is 9.57. The number of halogens is 1. The summed E-state index contributed by atoms with van der Waals surface area (Å²) in [4.78, 5) is 20.1. The quantitative estimate of drug-likeness (QED) is 0.467. The third-order valence-corrected chi connectivity index (χ3v) is 7.02. The van der Waals surface area contributed by atoms with Crippen molar-refractivity contribution in [3.05, 3.63) is 69.8 Å². The van der Waals surface area contributed by atoms with Gasteiger partial charge in [0.05, 0.1) is 17.2 Å². The molecule has 1 N–H and O–H groups in total. The predicted octanol–water partition coefficient (Wildman–Crippen LogP) is 6.37. The van der Waals surface area contributed by atoms with Crippen molar-refractivity contribution >= 4 is 49.6 Å². The Labute approximate surface area is 191 Å². The van der Waals surface area contributed by atoms with Crippen LogP contribution in [-0.2, 0) is 4.79 Å². The number of Topliss-reactive ketones (excluding diaryl/α,β-unsaturated/α-hetero) is 1. The van der Waals surface area contributed by atoms with E-state index in [2.05, 4.69) is 81.4 Å². The van der Waals surface area contributed by atoms with Gasteiger partial charge < -0.3 is 10.2 Å². The molecule has 4 nitrogen and oxygen atoms in total. The Morgan fingerprint density at radius 2 is 1.94 bits per heavy atom. The molecule has 0 spiro atoms. The smallest absolute Gasteiger partial charge is 0.162 e. The van der Waals surface area contributed by atoms with Crippen LogP contribution in [0.3, 0.4) is 0 Å². The van der Waals surface area contributed by atoms with Crippen LogP contribution in [-0.4, -0.2) is 24.9 Å². The molecule has 158 valence electrons. The zero-order valence-electron chi connectivity index (χ0n) is 18.3. The van der Waals surface area contributed by atoms with E-state index in [-0.39, 0.29) is 17.2 Å². The first-order chi connectivity index (χ1) is 14.7. The Morgan fingerprint density at radius 3 is 2.68 bits per heavy atom. The maximum absolute atomic E-state index is 13.5. The lowest BCUT2D eigenvalue weighted by Gasteiger charge is -2.40. The number of pyridine rings is 1.